The SMILES string of the molecule is NNC(c1ccc(Cl)s1)c1cc(F)ccc1Br. The van der Waals surface area contributed by atoms with E-state index in [0.717, 1.165) is 14.9 Å². The molecule has 0 radical (unpaired) electrons. The summed E-state index contributed by atoms with van der Waals surface area (Å²) in [6.45, 7) is 0. The van der Waals surface area contributed by atoms with E-state index in [1.54, 1.807) is 12.1 Å². The Balaban J connectivity index is 2.45. The van der Waals surface area contributed by atoms with E-state index in [1.165, 1.54) is 23.5 Å². The summed E-state index contributed by atoms with van der Waals surface area (Å²) in [6, 6.07) is 7.88. The Morgan fingerprint density at radius 3 is 2.71 bits per heavy atom. The van der Waals surface area contributed by atoms with Gasteiger partial charge in [-0.05, 0) is 35.9 Å². The minimum Gasteiger partial charge on any atom is -0.271 e. The van der Waals surface area contributed by atoms with Crippen LogP contribution in [0.4, 0.5) is 4.39 Å². The molecule has 0 saturated heterocycles. The second-order valence-electron chi connectivity index (χ2n) is 3.41. The summed E-state index contributed by atoms with van der Waals surface area (Å²) in [7, 11) is 0. The highest BCUT2D eigenvalue weighted by Gasteiger charge is 2.17. The number of halogens is 3. The first-order chi connectivity index (χ1) is 8.11. The summed E-state index contributed by atoms with van der Waals surface area (Å²) in [6.07, 6.45) is 0. The number of hydrazine groups is 1. The van der Waals surface area contributed by atoms with Gasteiger partial charge in [-0.2, -0.15) is 0 Å². The van der Waals surface area contributed by atoms with Crippen molar-refractivity contribution in [2.75, 3.05) is 0 Å². The molecule has 0 spiro atoms. The van der Waals surface area contributed by atoms with Crippen LogP contribution in [-0.4, -0.2) is 0 Å². The van der Waals surface area contributed by atoms with Crippen LogP contribution in [0.5, 0.6) is 0 Å². The van der Waals surface area contributed by atoms with Gasteiger partial charge in [0.2, 0.25) is 0 Å². The monoisotopic (exact) mass is 334 g/mol. The normalized spacial score (nSPS) is 12.7. The summed E-state index contributed by atoms with van der Waals surface area (Å²) in [4.78, 5) is 0.934. The lowest BCUT2D eigenvalue weighted by Crippen LogP contribution is -2.28. The van der Waals surface area contributed by atoms with E-state index in [0.29, 0.717) is 4.34 Å². The lowest BCUT2D eigenvalue weighted by molar-refractivity contribution is 0.607. The van der Waals surface area contributed by atoms with E-state index >= 15 is 0 Å². The molecule has 1 atom stereocenters. The van der Waals surface area contributed by atoms with Crippen molar-refractivity contribution in [1.82, 2.24) is 5.43 Å². The van der Waals surface area contributed by atoms with Gasteiger partial charge in [0.05, 0.1) is 10.4 Å². The molecule has 1 aromatic carbocycles. The fraction of sp³-hybridized carbons (Fsp3) is 0.0909. The van der Waals surface area contributed by atoms with Crippen LogP contribution >= 0.6 is 38.9 Å². The Morgan fingerprint density at radius 2 is 2.12 bits per heavy atom. The summed E-state index contributed by atoms with van der Waals surface area (Å²) in [5.41, 5.74) is 3.41. The molecule has 2 nitrogen and oxygen atoms in total. The predicted molar refractivity (Wildman–Crippen MR) is 72.6 cm³/mol. The van der Waals surface area contributed by atoms with Gasteiger partial charge >= 0.3 is 0 Å². The minimum atomic E-state index is -0.300. The molecule has 0 aliphatic rings. The van der Waals surface area contributed by atoms with Crippen molar-refractivity contribution in [3.05, 3.63) is 55.4 Å². The van der Waals surface area contributed by atoms with Crippen molar-refractivity contribution in [3.8, 4) is 0 Å². The lowest BCUT2D eigenvalue weighted by atomic mass is 10.1. The average molecular weight is 336 g/mol. The molecule has 0 bridgehead atoms. The summed E-state index contributed by atoms with van der Waals surface area (Å²) < 4.78 is 14.7. The molecule has 0 aliphatic carbocycles. The van der Waals surface area contributed by atoms with Crippen LogP contribution in [-0.2, 0) is 0 Å². The van der Waals surface area contributed by atoms with Crippen molar-refractivity contribution in [2.24, 2.45) is 5.84 Å². The van der Waals surface area contributed by atoms with E-state index < -0.39 is 0 Å². The van der Waals surface area contributed by atoms with Gasteiger partial charge in [0.15, 0.2) is 0 Å². The van der Waals surface area contributed by atoms with Crippen molar-refractivity contribution < 1.29 is 4.39 Å². The van der Waals surface area contributed by atoms with E-state index in [1.807, 2.05) is 6.07 Å². The van der Waals surface area contributed by atoms with Crippen molar-refractivity contribution in [1.29, 1.82) is 0 Å². The molecule has 0 aliphatic heterocycles. The van der Waals surface area contributed by atoms with Crippen molar-refractivity contribution in [3.63, 3.8) is 0 Å². The molecule has 6 heteroatoms. The van der Waals surface area contributed by atoms with Gasteiger partial charge in [0, 0.05) is 9.35 Å². The fourth-order valence-electron chi connectivity index (χ4n) is 1.54. The van der Waals surface area contributed by atoms with Gasteiger partial charge < -0.3 is 0 Å². The van der Waals surface area contributed by atoms with Gasteiger partial charge in [-0.15, -0.1) is 11.3 Å². The van der Waals surface area contributed by atoms with Gasteiger partial charge in [0.25, 0.3) is 0 Å². The number of nitrogens with one attached hydrogen (secondary N) is 1. The standard InChI is InChI=1S/C11H9BrClFN2S/c12-8-2-1-6(14)5-7(8)11(16-15)9-3-4-10(13)17-9/h1-5,11,16H,15H2. The molecule has 1 aromatic heterocycles. The molecular weight excluding hydrogens is 327 g/mol. The van der Waals surface area contributed by atoms with Crippen molar-refractivity contribution in [2.45, 2.75) is 6.04 Å². The molecule has 2 aromatic rings. The van der Waals surface area contributed by atoms with Gasteiger partial charge in [-0.3, -0.25) is 5.84 Å². The first-order valence-corrected chi connectivity index (χ1v) is 6.77. The predicted octanol–water partition coefficient (Wildman–Crippen LogP) is 3.86. The molecule has 1 heterocycles. The topological polar surface area (TPSA) is 38.0 Å². The molecule has 17 heavy (non-hydrogen) atoms. The molecule has 2 rings (SSSR count). The third-order valence-corrected chi connectivity index (χ3v) is 4.33. The van der Waals surface area contributed by atoms with Crippen LogP contribution in [0.1, 0.15) is 16.5 Å². The summed E-state index contributed by atoms with van der Waals surface area (Å²) in [5, 5.41) is 0. The molecule has 0 amide bonds. The second-order valence-corrected chi connectivity index (χ2v) is 6.01. The van der Waals surface area contributed by atoms with E-state index in [-0.39, 0.29) is 11.9 Å². The van der Waals surface area contributed by atoms with Crippen LogP contribution in [0.2, 0.25) is 4.34 Å². The molecule has 3 N–H and O–H groups in total. The summed E-state index contributed by atoms with van der Waals surface area (Å²) >= 11 is 10.7. The maximum Gasteiger partial charge on any atom is 0.123 e. The van der Waals surface area contributed by atoms with Crippen LogP contribution in [0.15, 0.2) is 34.8 Å². The Morgan fingerprint density at radius 1 is 1.35 bits per heavy atom. The Labute approximate surface area is 116 Å². The third kappa shape index (κ3) is 2.86. The fourth-order valence-corrected chi connectivity index (χ4v) is 3.16. The molecule has 0 saturated carbocycles. The maximum absolute atomic E-state index is 13.3. The third-order valence-electron chi connectivity index (χ3n) is 2.31. The second kappa shape index (κ2) is 5.46. The number of rotatable bonds is 3. The zero-order valence-corrected chi connectivity index (χ0v) is 11.7. The number of hydrogen-bond acceptors (Lipinski definition) is 3. The maximum atomic E-state index is 13.3. The molecule has 90 valence electrons. The van der Waals surface area contributed by atoms with E-state index in [2.05, 4.69) is 21.4 Å². The molecule has 1 unspecified atom stereocenters. The smallest absolute Gasteiger partial charge is 0.123 e. The van der Waals surface area contributed by atoms with Crippen LogP contribution in [0.3, 0.4) is 0 Å². The van der Waals surface area contributed by atoms with E-state index in [4.69, 9.17) is 17.4 Å². The Bertz CT molecular complexity index is 532. The largest absolute Gasteiger partial charge is 0.271 e. The van der Waals surface area contributed by atoms with Crippen LogP contribution in [0, 0.1) is 5.82 Å². The quantitative estimate of drug-likeness (QED) is 0.660. The van der Waals surface area contributed by atoms with Crippen LogP contribution in [0.25, 0.3) is 0 Å². The van der Waals surface area contributed by atoms with Gasteiger partial charge in [-0.25, -0.2) is 9.82 Å². The molecule has 0 fully saturated rings. The average Bonchev–Trinajstić information content (AvgIpc) is 2.71. The number of benzene rings is 1. The number of thiophene rings is 1. The van der Waals surface area contributed by atoms with Gasteiger partial charge in [0.1, 0.15) is 5.82 Å². The first-order valence-electron chi connectivity index (χ1n) is 4.78. The minimum absolute atomic E-state index is 0.280. The lowest BCUT2D eigenvalue weighted by Gasteiger charge is -2.16. The number of hydrogen-bond donors (Lipinski definition) is 2. The summed E-state index contributed by atoms with van der Waals surface area (Å²) in [5.74, 6) is 5.24. The van der Waals surface area contributed by atoms with Gasteiger partial charge in [-0.1, -0.05) is 27.5 Å². The number of nitrogens with two attached hydrogens (primary N) is 1. The Hall–Kier alpha value is -0.460. The van der Waals surface area contributed by atoms with E-state index in [9.17, 15) is 4.39 Å². The zero-order valence-electron chi connectivity index (χ0n) is 8.58. The highest BCUT2D eigenvalue weighted by Crippen LogP contribution is 2.34. The van der Waals surface area contributed by atoms with Crippen molar-refractivity contribution >= 4 is 38.9 Å². The Kier molecular flexibility index (Phi) is 4.17. The van der Waals surface area contributed by atoms with Crippen LogP contribution < -0.4 is 11.3 Å². The molecular formula is C11H9BrClFN2S. The zero-order chi connectivity index (χ0) is 12.4. The highest BCUT2D eigenvalue weighted by atomic mass is 79.9. The first kappa shape index (κ1) is 13.0. The highest BCUT2D eigenvalue weighted by molar-refractivity contribution is 9.10.